The Labute approximate surface area is 170 Å². The van der Waals surface area contributed by atoms with Crippen molar-refractivity contribution in [3.63, 3.8) is 0 Å². The van der Waals surface area contributed by atoms with Crippen molar-refractivity contribution in [3.8, 4) is 0 Å². The zero-order chi connectivity index (χ0) is 19.4. The summed E-state index contributed by atoms with van der Waals surface area (Å²) >= 11 is 8.73. The molecule has 2 aromatic heterocycles. The van der Waals surface area contributed by atoms with Crippen LogP contribution < -0.4 is 10.6 Å². The minimum atomic E-state index is -0.359. The van der Waals surface area contributed by atoms with Gasteiger partial charge in [0.2, 0.25) is 11.0 Å². The fraction of sp³-hybridized carbons (Fsp3) is 0.222. The van der Waals surface area contributed by atoms with Crippen molar-refractivity contribution in [2.75, 3.05) is 10.6 Å². The van der Waals surface area contributed by atoms with Gasteiger partial charge in [-0.05, 0) is 50.1 Å². The standard InChI is InChI=1S/C18H18ClN5OS2/c1-10-6-4-7-13(11(10)2)22-17-23-24-18(27-17)26-12(3)16(25)21-14-8-5-9-20-15(14)19/h4-9,12H,1-3H3,(H,21,25)(H,22,23). The van der Waals surface area contributed by atoms with Crippen LogP contribution in [-0.4, -0.2) is 26.3 Å². The van der Waals surface area contributed by atoms with E-state index in [2.05, 4.69) is 45.7 Å². The lowest BCUT2D eigenvalue weighted by Gasteiger charge is -2.10. The van der Waals surface area contributed by atoms with E-state index in [9.17, 15) is 4.79 Å². The molecule has 0 fully saturated rings. The first-order valence-corrected chi connectivity index (χ1v) is 10.3. The number of carbonyl (C=O) groups is 1. The van der Waals surface area contributed by atoms with Gasteiger partial charge in [-0.15, -0.1) is 10.2 Å². The molecule has 1 unspecified atom stereocenters. The second kappa shape index (κ2) is 8.69. The number of anilines is 3. The molecule has 2 N–H and O–H groups in total. The molecule has 9 heteroatoms. The molecule has 1 aromatic carbocycles. The van der Waals surface area contributed by atoms with E-state index in [-0.39, 0.29) is 16.3 Å². The number of hydrogen-bond acceptors (Lipinski definition) is 7. The van der Waals surface area contributed by atoms with Gasteiger partial charge >= 0.3 is 0 Å². The number of pyridine rings is 1. The SMILES string of the molecule is Cc1cccc(Nc2nnc(SC(C)C(=O)Nc3cccnc3Cl)s2)c1C. The summed E-state index contributed by atoms with van der Waals surface area (Å²) in [6.45, 7) is 5.94. The third kappa shape index (κ3) is 4.97. The lowest BCUT2D eigenvalue weighted by atomic mass is 10.1. The molecule has 0 aliphatic carbocycles. The number of halogens is 1. The Balaban J connectivity index is 1.62. The summed E-state index contributed by atoms with van der Waals surface area (Å²) in [5, 5.41) is 15.0. The van der Waals surface area contributed by atoms with Gasteiger partial charge in [0.15, 0.2) is 9.49 Å². The average Bonchev–Trinajstić information content (AvgIpc) is 3.08. The minimum absolute atomic E-state index is 0.172. The van der Waals surface area contributed by atoms with Crippen LogP contribution in [0.4, 0.5) is 16.5 Å². The average molecular weight is 420 g/mol. The van der Waals surface area contributed by atoms with Crippen molar-refractivity contribution >= 4 is 57.1 Å². The summed E-state index contributed by atoms with van der Waals surface area (Å²) < 4.78 is 0.711. The van der Waals surface area contributed by atoms with Crippen LogP contribution in [0.15, 0.2) is 40.9 Å². The Morgan fingerprint density at radius 1 is 1.19 bits per heavy atom. The molecule has 6 nitrogen and oxygen atoms in total. The highest BCUT2D eigenvalue weighted by molar-refractivity contribution is 8.02. The van der Waals surface area contributed by atoms with Crippen molar-refractivity contribution < 1.29 is 4.79 Å². The summed E-state index contributed by atoms with van der Waals surface area (Å²) in [6.07, 6.45) is 1.57. The maximum Gasteiger partial charge on any atom is 0.237 e. The molecular weight excluding hydrogens is 402 g/mol. The first-order valence-electron chi connectivity index (χ1n) is 8.19. The summed E-state index contributed by atoms with van der Waals surface area (Å²) in [7, 11) is 0. The molecule has 0 aliphatic rings. The van der Waals surface area contributed by atoms with Crippen molar-refractivity contribution in [1.29, 1.82) is 0 Å². The molecule has 0 radical (unpaired) electrons. The first-order chi connectivity index (χ1) is 12.9. The fourth-order valence-corrected chi connectivity index (χ4v) is 4.30. The topological polar surface area (TPSA) is 79.8 Å². The Bertz CT molecular complexity index is 962. The molecule has 1 atom stereocenters. The Hall–Kier alpha value is -2.16. The summed E-state index contributed by atoms with van der Waals surface area (Å²) in [4.78, 5) is 16.3. The number of nitrogens with zero attached hydrogens (tertiary/aromatic N) is 3. The van der Waals surface area contributed by atoms with E-state index >= 15 is 0 Å². The highest BCUT2D eigenvalue weighted by Crippen LogP contribution is 2.32. The molecule has 0 aliphatic heterocycles. The Morgan fingerprint density at radius 3 is 2.74 bits per heavy atom. The number of benzene rings is 1. The molecule has 0 spiro atoms. The van der Waals surface area contributed by atoms with Gasteiger partial charge in [-0.2, -0.15) is 0 Å². The van der Waals surface area contributed by atoms with Gasteiger partial charge in [0.25, 0.3) is 0 Å². The number of amides is 1. The van der Waals surface area contributed by atoms with Gasteiger partial charge in [-0.1, -0.05) is 46.8 Å². The number of aromatic nitrogens is 3. The van der Waals surface area contributed by atoms with Crippen molar-refractivity contribution in [3.05, 3.63) is 52.8 Å². The molecule has 27 heavy (non-hydrogen) atoms. The smallest absolute Gasteiger partial charge is 0.237 e. The maximum absolute atomic E-state index is 12.4. The largest absolute Gasteiger partial charge is 0.330 e. The lowest BCUT2D eigenvalue weighted by Crippen LogP contribution is -2.22. The maximum atomic E-state index is 12.4. The van der Waals surface area contributed by atoms with Crippen molar-refractivity contribution in [1.82, 2.24) is 15.2 Å². The quantitative estimate of drug-likeness (QED) is 0.429. The highest BCUT2D eigenvalue weighted by Gasteiger charge is 2.18. The second-order valence-electron chi connectivity index (χ2n) is 5.84. The molecule has 3 rings (SSSR count). The van der Waals surface area contributed by atoms with Gasteiger partial charge in [0, 0.05) is 11.9 Å². The third-order valence-corrected chi connectivity index (χ3v) is 6.24. The summed E-state index contributed by atoms with van der Waals surface area (Å²) in [5.74, 6) is -0.172. The Kier molecular flexibility index (Phi) is 6.30. The second-order valence-corrected chi connectivity index (χ2v) is 8.76. The van der Waals surface area contributed by atoms with Crippen LogP contribution in [0.3, 0.4) is 0 Å². The molecule has 2 heterocycles. The van der Waals surface area contributed by atoms with Gasteiger partial charge in [0.1, 0.15) is 0 Å². The summed E-state index contributed by atoms with van der Waals surface area (Å²) in [5.41, 5.74) is 3.87. The minimum Gasteiger partial charge on any atom is -0.330 e. The zero-order valence-corrected chi connectivity index (χ0v) is 17.4. The van der Waals surface area contributed by atoms with E-state index in [1.807, 2.05) is 19.1 Å². The monoisotopic (exact) mass is 419 g/mol. The molecule has 0 saturated carbocycles. The summed E-state index contributed by atoms with van der Waals surface area (Å²) in [6, 6.07) is 9.50. The van der Waals surface area contributed by atoms with Gasteiger partial charge < -0.3 is 10.6 Å². The first kappa shape index (κ1) is 19.6. The number of aryl methyl sites for hydroxylation is 1. The highest BCUT2D eigenvalue weighted by atomic mass is 35.5. The number of rotatable bonds is 6. The van der Waals surface area contributed by atoms with Crippen LogP contribution in [0.25, 0.3) is 0 Å². The van der Waals surface area contributed by atoms with Crippen LogP contribution in [0, 0.1) is 13.8 Å². The van der Waals surface area contributed by atoms with E-state index in [0.717, 1.165) is 5.69 Å². The van der Waals surface area contributed by atoms with E-state index in [4.69, 9.17) is 11.6 Å². The predicted octanol–water partition coefficient (Wildman–Crippen LogP) is 5.07. The Morgan fingerprint density at radius 2 is 1.96 bits per heavy atom. The van der Waals surface area contributed by atoms with Crippen LogP contribution in [0.5, 0.6) is 0 Å². The van der Waals surface area contributed by atoms with E-state index in [1.54, 1.807) is 18.3 Å². The normalized spacial score (nSPS) is 11.9. The number of carbonyl (C=O) groups excluding carboxylic acids is 1. The molecule has 1 amide bonds. The van der Waals surface area contributed by atoms with Crippen LogP contribution in [0.2, 0.25) is 5.15 Å². The number of nitrogens with one attached hydrogen (secondary N) is 2. The fourth-order valence-electron chi connectivity index (χ4n) is 2.23. The lowest BCUT2D eigenvalue weighted by molar-refractivity contribution is -0.115. The van der Waals surface area contributed by atoms with E-state index in [1.165, 1.54) is 34.2 Å². The van der Waals surface area contributed by atoms with E-state index < -0.39 is 0 Å². The molecule has 140 valence electrons. The van der Waals surface area contributed by atoms with Crippen molar-refractivity contribution in [2.45, 2.75) is 30.4 Å². The van der Waals surface area contributed by atoms with Crippen LogP contribution >= 0.6 is 34.7 Å². The van der Waals surface area contributed by atoms with Crippen LogP contribution in [0.1, 0.15) is 18.1 Å². The van der Waals surface area contributed by atoms with Crippen LogP contribution in [-0.2, 0) is 4.79 Å². The van der Waals surface area contributed by atoms with Gasteiger partial charge in [0.05, 0.1) is 10.9 Å². The van der Waals surface area contributed by atoms with Crippen molar-refractivity contribution in [2.24, 2.45) is 0 Å². The van der Waals surface area contributed by atoms with Gasteiger partial charge in [-0.3, -0.25) is 4.79 Å². The predicted molar refractivity (Wildman–Crippen MR) is 112 cm³/mol. The van der Waals surface area contributed by atoms with Gasteiger partial charge in [-0.25, -0.2) is 4.98 Å². The number of hydrogen-bond donors (Lipinski definition) is 2. The third-order valence-electron chi connectivity index (χ3n) is 3.92. The molecular formula is C18H18ClN5OS2. The van der Waals surface area contributed by atoms with E-state index in [0.29, 0.717) is 15.2 Å². The molecule has 0 bridgehead atoms. The molecule has 3 aromatic rings. The zero-order valence-electron chi connectivity index (χ0n) is 15.0. The molecule has 0 saturated heterocycles. The number of thioether (sulfide) groups is 1.